The van der Waals surface area contributed by atoms with Crippen LogP contribution in [0.5, 0.6) is 0 Å². The molecule has 0 saturated heterocycles. The Kier molecular flexibility index (Phi) is 6.42. The van der Waals surface area contributed by atoms with Gasteiger partial charge in [0.25, 0.3) is 5.91 Å². The highest BCUT2D eigenvalue weighted by molar-refractivity contribution is 6.06. The minimum atomic E-state index is -0.499. The third-order valence-electron chi connectivity index (χ3n) is 4.62. The first-order chi connectivity index (χ1) is 13.6. The normalized spacial score (nSPS) is 10.7. The Hall–Kier alpha value is -3.15. The summed E-state index contributed by atoms with van der Waals surface area (Å²) in [6, 6.07) is 13.9. The lowest BCUT2D eigenvalue weighted by Crippen LogP contribution is -2.32. The predicted molar refractivity (Wildman–Crippen MR) is 110 cm³/mol. The van der Waals surface area contributed by atoms with Crippen molar-refractivity contribution in [1.82, 2.24) is 9.97 Å². The van der Waals surface area contributed by atoms with Gasteiger partial charge in [-0.15, -0.1) is 0 Å². The summed E-state index contributed by atoms with van der Waals surface area (Å²) in [5.74, 6) is -0.820. The molecule has 1 amide bonds. The van der Waals surface area contributed by atoms with E-state index in [1.165, 1.54) is 12.1 Å². The van der Waals surface area contributed by atoms with E-state index in [0.717, 1.165) is 29.9 Å². The Morgan fingerprint density at radius 1 is 1.14 bits per heavy atom. The quantitative estimate of drug-likeness (QED) is 0.620. The molecule has 0 saturated carbocycles. The molecule has 5 nitrogen and oxygen atoms in total. The first-order valence-electron chi connectivity index (χ1n) is 9.45. The van der Waals surface area contributed by atoms with Gasteiger partial charge in [-0.1, -0.05) is 31.5 Å². The van der Waals surface area contributed by atoms with E-state index in [9.17, 15) is 9.18 Å². The number of halogens is 1. The number of carbonyl (C=O) groups is 1. The summed E-state index contributed by atoms with van der Waals surface area (Å²) in [6.07, 6.45) is 5.29. The van der Waals surface area contributed by atoms with Crippen LogP contribution in [0.4, 0.5) is 15.8 Å². The maximum absolute atomic E-state index is 14.2. The van der Waals surface area contributed by atoms with Crippen LogP contribution in [0.3, 0.4) is 0 Å². The first kappa shape index (κ1) is 19.6. The molecule has 0 spiro atoms. The van der Waals surface area contributed by atoms with Crippen molar-refractivity contribution in [3.63, 3.8) is 0 Å². The van der Waals surface area contributed by atoms with Gasteiger partial charge in [0, 0.05) is 31.2 Å². The van der Waals surface area contributed by atoms with Crippen molar-refractivity contribution in [1.29, 1.82) is 0 Å². The minimum Gasteiger partial charge on any atom is -0.369 e. The summed E-state index contributed by atoms with van der Waals surface area (Å²) < 4.78 is 14.2. The molecule has 1 heterocycles. The summed E-state index contributed by atoms with van der Waals surface area (Å²) in [5, 5.41) is 0. The van der Waals surface area contributed by atoms with Gasteiger partial charge >= 0.3 is 0 Å². The third-order valence-corrected chi connectivity index (χ3v) is 4.62. The summed E-state index contributed by atoms with van der Waals surface area (Å²) in [4.78, 5) is 24.0. The van der Waals surface area contributed by atoms with Crippen LogP contribution >= 0.6 is 0 Å². The molecule has 0 atom stereocenters. The first-order valence-corrected chi connectivity index (χ1v) is 9.45. The average molecular weight is 380 g/mol. The number of benzene rings is 2. The molecule has 1 aromatic heterocycles. The number of nitrogens with zero attached hydrogens (tertiary/aromatic N) is 3. The van der Waals surface area contributed by atoms with Gasteiger partial charge in [0.1, 0.15) is 5.82 Å². The number of hydrogen-bond acceptors (Lipinski definition) is 3. The Morgan fingerprint density at radius 3 is 2.64 bits per heavy atom. The minimum absolute atomic E-state index is 0.0916. The Balaban J connectivity index is 1.88. The molecule has 0 radical (unpaired) electrons. The summed E-state index contributed by atoms with van der Waals surface area (Å²) in [5.41, 5.74) is 2.74. The molecule has 0 aliphatic carbocycles. The Morgan fingerprint density at radius 2 is 1.93 bits per heavy atom. The van der Waals surface area contributed by atoms with Gasteiger partial charge in [0.2, 0.25) is 0 Å². The fourth-order valence-electron chi connectivity index (χ4n) is 3.05. The Labute approximate surface area is 164 Å². The Bertz CT molecular complexity index is 910. The van der Waals surface area contributed by atoms with Gasteiger partial charge in [0.05, 0.1) is 24.1 Å². The van der Waals surface area contributed by atoms with Gasteiger partial charge in [-0.2, -0.15) is 0 Å². The number of aromatic nitrogens is 2. The number of carbonyl (C=O) groups excluding carboxylic acids is 1. The fourth-order valence-corrected chi connectivity index (χ4v) is 3.05. The van der Waals surface area contributed by atoms with E-state index in [0.29, 0.717) is 13.1 Å². The zero-order valence-electron chi connectivity index (χ0n) is 16.2. The van der Waals surface area contributed by atoms with Gasteiger partial charge in [-0.25, -0.2) is 9.37 Å². The largest absolute Gasteiger partial charge is 0.369 e. The number of imidazole rings is 1. The maximum Gasteiger partial charge on any atom is 0.261 e. The molecule has 3 aromatic rings. The number of H-pyrrole nitrogens is 1. The van der Waals surface area contributed by atoms with Crippen LogP contribution in [0.15, 0.2) is 61.1 Å². The van der Waals surface area contributed by atoms with Gasteiger partial charge in [-0.05, 0) is 36.8 Å². The highest BCUT2D eigenvalue weighted by Crippen LogP contribution is 2.25. The van der Waals surface area contributed by atoms with Gasteiger partial charge in [-0.3, -0.25) is 4.79 Å². The lowest BCUT2D eigenvalue weighted by Gasteiger charge is -2.25. The van der Waals surface area contributed by atoms with Crippen molar-refractivity contribution >= 4 is 17.3 Å². The maximum atomic E-state index is 14.2. The molecule has 1 N–H and O–H groups in total. The van der Waals surface area contributed by atoms with E-state index < -0.39 is 5.82 Å². The number of aromatic amines is 1. The molecule has 0 unspecified atom stereocenters. The molecule has 2 aromatic carbocycles. The van der Waals surface area contributed by atoms with Crippen LogP contribution in [0.1, 0.15) is 35.8 Å². The lowest BCUT2D eigenvalue weighted by atomic mass is 10.1. The van der Waals surface area contributed by atoms with E-state index in [1.54, 1.807) is 23.4 Å². The molecule has 0 fully saturated rings. The number of unbranched alkanes of at least 4 members (excludes halogenated alkanes) is 1. The molecule has 0 bridgehead atoms. The second-order valence-electron chi connectivity index (χ2n) is 6.73. The van der Waals surface area contributed by atoms with Crippen molar-refractivity contribution < 1.29 is 9.18 Å². The second kappa shape index (κ2) is 9.17. The van der Waals surface area contributed by atoms with Crippen molar-refractivity contribution in [2.24, 2.45) is 0 Å². The number of rotatable bonds is 8. The monoisotopic (exact) mass is 380 g/mol. The number of hydrogen-bond donors (Lipinski definition) is 1. The van der Waals surface area contributed by atoms with E-state index in [-0.39, 0.29) is 11.5 Å². The molecule has 0 aliphatic rings. The predicted octanol–water partition coefficient (Wildman–Crippen LogP) is 4.63. The second-order valence-corrected chi connectivity index (χ2v) is 6.73. The summed E-state index contributed by atoms with van der Waals surface area (Å²) in [7, 11) is 1.98. The number of nitrogens with one attached hydrogen (secondary N) is 1. The van der Waals surface area contributed by atoms with E-state index in [4.69, 9.17) is 0 Å². The van der Waals surface area contributed by atoms with E-state index in [1.807, 2.05) is 37.5 Å². The molecule has 6 heteroatoms. The van der Waals surface area contributed by atoms with Gasteiger partial charge < -0.3 is 14.8 Å². The van der Waals surface area contributed by atoms with Crippen LogP contribution in [-0.4, -0.2) is 29.5 Å². The fraction of sp³-hybridized carbons (Fsp3) is 0.273. The highest BCUT2D eigenvalue weighted by Gasteiger charge is 2.20. The van der Waals surface area contributed by atoms with Crippen LogP contribution < -0.4 is 9.80 Å². The van der Waals surface area contributed by atoms with Crippen molar-refractivity contribution in [3.05, 3.63) is 78.1 Å². The zero-order valence-corrected chi connectivity index (χ0v) is 16.2. The van der Waals surface area contributed by atoms with E-state index >= 15 is 0 Å². The smallest absolute Gasteiger partial charge is 0.261 e. The van der Waals surface area contributed by atoms with E-state index in [2.05, 4.69) is 21.8 Å². The standard InChI is InChI=1S/C22H25FN4O/c1-3-4-12-27(22(28)20-10-5-6-11-21(20)23)19-9-7-8-18(13-19)26(2)15-17-14-24-16-25-17/h5-11,13-14,16H,3-4,12,15H2,1-2H3,(H,24,25). The summed E-state index contributed by atoms with van der Waals surface area (Å²) in [6.45, 7) is 3.25. The molecule has 28 heavy (non-hydrogen) atoms. The molecule has 3 rings (SSSR count). The number of amides is 1. The third kappa shape index (κ3) is 4.57. The summed E-state index contributed by atoms with van der Waals surface area (Å²) >= 11 is 0. The van der Waals surface area contributed by atoms with Crippen molar-refractivity contribution in [3.8, 4) is 0 Å². The van der Waals surface area contributed by atoms with Gasteiger partial charge in [0.15, 0.2) is 0 Å². The van der Waals surface area contributed by atoms with Crippen LogP contribution in [0.25, 0.3) is 0 Å². The molecule has 146 valence electrons. The topological polar surface area (TPSA) is 52.2 Å². The molecule has 0 aliphatic heterocycles. The van der Waals surface area contributed by atoms with Crippen LogP contribution in [0.2, 0.25) is 0 Å². The molecular weight excluding hydrogens is 355 g/mol. The molecular formula is C22H25FN4O. The van der Waals surface area contributed by atoms with Crippen LogP contribution in [-0.2, 0) is 6.54 Å². The van der Waals surface area contributed by atoms with Crippen molar-refractivity contribution in [2.75, 3.05) is 23.4 Å². The zero-order chi connectivity index (χ0) is 19.9. The average Bonchev–Trinajstić information content (AvgIpc) is 3.22. The highest BCUT2D eigenvalue weighted by atomic mass is 19.1. The SMILES string of the molecule is CCCCN(C(=O)c1ccccc1F)c1cccc(N(C)Cc2c[nH]cn2)c1. The van der Waals surface area contributed by atoms with Crippen LogP contribution in [0, 0.1) is 5.82 Å². The number of anilines is 2. The van der Waals surface area contributed by atoms with Crippen molar-refractivity contribution in [2.45, 2.75) is 26.3 Å². The lowest BCUT2D eigenvalue weighted by molar-refractivity contribution is 0.0982.